The second-order valence-electron chi connectivity index (χ2n) is 9.53. The van der Waals surface area contributed by atoms with Crippen molar-refractivity contribution in [2.24, 2.45) is 0 Å². The molecule has 4 rings (SSSR count). The number of H-pyrrole nitrogens is 1. The number of benzene rings is 2. The Hall–Kier alpha value is -4.39. The van der Waals surface area contributed by atoms with E-state index in [-0.39, 0.29) is 12.3 Å². The minimum Gasteiger partial charge on any atom is -0.480 e. The van der Waals surface area contributed by atoms with Gasteiger partial charge in [0.15, 0.2) is 0 Å². The molecule has 4 aromatic rings. The number of rotatable bonds is 9. The summed E-state index contributed by atoms with van der Waals surface area (Å²) in [5.41, 5.74) is 8.29. The molecule has 1 atom stereocenters. The molecule has 2 aromatic carbocycles. The Balaban J connectivity index is 1.40. The Kier molecular flexibility index (Phi) is 7.72. The average Bonchev–Trinajstić information content (AvgIpc) is 3.31. The minimum absolute atomic E-state index is 0.189. The van der Waals surface area contributed by atoms with Crippen molar-refractivity contribution < 1.29 is 14.7 Å². The smallest absolute Gasteiger partial charge is 0.326 e. The van der Waals surface area contributed by atoms with Crippen LogP contribution in [0.25, 0.3) is 11.3 Å². The molecule has 1 unspecified atom stereocenters. The van der Waals surface area contributed by atoms with Crippen molar-refractivity contribution in [3.63, 3.8) is 0 Å². The number of aromatic nitrogens is 2. The van der Waals surface area contributed by atoms with Gasteiger partial charge in [-0.05, 0) is 79.3 Å². The first-order chi connectivity index (χ1) is 17.7. The van der Waals surface area contributed by atoms with E-state index in [1.165, 1.54) is 0 Å². The van der Waals surface area contributed by atoms with Gasteiger partial charge in [-0.15, -0.1) is 0 Å². The van der Waals surface area contributed by atoms with Crippen LogP contribution in [0.4, 0.5) is 5.82 Å². The van der Waals surface area contributed by atoms with Crippen LogP contribution in [0.3, 0.4) is 0 Å². The van der Waals surface area contributed by atoms with Crippen LogP contribution in [0.2, 0.25) is 0 Å². The van der Waals surface area contributed by atoms with Gasteiger partial charge in [0.1, 0.15) is 11.9 Å². The fourth-order valence-electron chi connectivity index (χ4n) is 4.56. The van der Waals surface area contributed by atoms with Crippen molar-refractivity contribution >= 4 is 17.7 Å². The lowest BCUT2D eigenvalue weighted by Gasteiger charge is -2.17. The molecule has 7 heteroatoms. The van der Waals surface area contributed by atoms with E-state index in [1.54, 1.807) is 6.20 Å². The van der Waals surface area contributed by atoms with Gasteiger partial charge in [-0.1, -0.05) is 42.0 Å². The third-order valence-corrected chi connectivity index (χ3v) is 6.34. The highest BCUT2D eigenvalue weighted by molar-refractivity contribution is 5.99. The Morgan fingerprint density at radius 1 is 0.919 bits per heavy atom. The summed E-state index contributed by atoms with van der Waals surface area (Å²) >= 11 is 0. The van der Waals surface area contributed by atoms with Crippen molar-refractivity contribution in [3.8, 4) is 11.3 Å². The molecular formula is C30H32N4O3. The van der Waals surface area contributed by atoms with Crippen LogP contribution in [0.5, 0.6) is 0 Å². The Bertz CT molecular complexity index is 1400. The van der Waals surface area contributed by atoms with E-state index >= 15 is 0 Å². The number of carboxylic acids is 1. The normalized spacial score (nSPS) is 11.7. The zero-order valence-electron chi connectivity index (χ0n) is 21.6. The largest absolute Gasteiger partial charge is 0.480 e. The van der Waals surface area contributed by atoms with Crippen molar-refractivity contribution in [1.29, 1.82) is 0 Å². The molecule has 190 valence electrons. The van der Waals surface area contributed by atoms with Crippen LogP contribution >= 0.6 is 0 Å². The lowest BCUT2D eigenvalue weighted by atomic mass is 9.98. The molecule has 0 aliphatic heterocycles. The number of carbonyl (C=O) groups is 2. The summed E-state index contributed by atoms with van der Waals surface area (Å²) in [6.45, 7) is 8.38. The number of carboxylic acid groups (broad SMARTS) is 1. The van der Waals surface area contributed by atoms with Gasteiger partial charge in [-0.2, -0.15) is 0 Å². The molecule has 1 amide bonds. The van der Waals surface area contributed by atoms with E-state index < -0.39 is 12.0 Å². The Morgan fingerprint density at radius 2 is 1.62 bits per heavy atom. The van der Waals surface area contributed by atoms with Crippen molar-refractivity contribution in [1.82, 2.24) is 15.3 Å². The second kappa shape index (κ2) is 11.1. The number of hydrogen-bond donors (Lipinski definition) is 4. The number of pyridine rings is 1. The maximum atomic E-state index is 12.9. The molecule has 37 heavy (non-hydrogen) atoms. The predicted octanol–water partition coefficient (Wildman–Crippen LogP) is 5.35. The number of amides is 1. The summed E-state index contributed by atoms with van der Waals surface area (Å²) in [6.07, 6.45) is 3.93. The van der Waals surface area contributed by atoms with Crippen LogP contribution in [0.15, 0.2) is 67.0 Å². The number of anilines is 1. The molecule has 0 saturated carbocycles. The molecule has 0 saturated heterocycles. The fraction of sp³-hybridized carbons (Fsp3) is 0.233. The molecule has 0 aliphatic rings. The number of aromatic amines is 1. The van der Waals surface area contributed by atoms with Crippen molar-refractivity contribution in [2.75, 3.05) is 5.32 Å². The molecule has 4 N–H and O–H groups in total. The maximum absolute atomic E-state index is 12.9. The molecule has 0 radical (unpaired) electrons. The first kappa shape index (κ1) is 25.7. The van der Waals surface area contributed by atoms with Crippen molar-refractivity contribution in [2.45, 2.75) is 46.7 Å². The van der Waals surface area contributed by atoms with Crippen LogP contribution in [0.1, 0.15) is 43.7 Å². The topological polar surface area (TPSA) is 107 Å². The monoisotopic (exact) mass is 496 g/mol. The molecule has 2 heterocycles. The van der Waals surface area contributed by atoms with Gasteiger partial charge in [0.05, 0.1) is 0 Å². The van der Waals surface area contributed by atoms with Gasteiger partial charge in [-0.25, -0.2) is 9.78 Å². The highest BCUT2D eigenvalue weighted by Gasteiger charge is 2.23. The van der Waals surface area contributed by atoms with Crippen LogP contribution in [-0.4, -0.2) is 33.0 Å². The van der Waals surface area contributed by atoms with E-state index in [2.05, 4.69) is 26.7 Å². The highest BCUT2D eigenvalue weighted by atomic mass is 16.4. The summed E-state index contributed by atoms with van der Waals surface area (Å²) in [7, 11) is 0. The van der Waals surface area contributed by atoms with Gasteiger partial charge in [-0.3, -0.25) is 4.79 Å². The van der Waals surface area contributed by atoms with E-state index in [1.807, 2.05) is 82.4 Å². The predicted molar refractivity (Wildman–Crippen MR) is 146 cm³/mol. The lowest BCUT2D eigenvalue weighted by Crippen LogP contribution is -2.42. The molecule has 0 fully saturated rings. The van der Waals surface area contributed by atoms with Crippen LogP contribution in [0, 0.1) is 27.7 Å². The fourth-order valence-corrected chi connectivity index (χ4v) is 4.56. The first-order valence-electron chi connectivity index (χ1n) is 12.2. The van der Waals surface area contributed by atoms with Crippen LogP contribution < -0.4 is 10.6 Å². The molecule has 7 nitrogen and oxygen atoms in total. The lowest BCUT2D eigenvalue weighted by molar-refractivity contribution is -0.139. The summed E-state index contributed by atoms with van der Waals surface area (Å²) in [5, 5.41) is 15.8. The average molecular weight is 497 g/mol. The Morgan fingerprint density at radius 3 is 2.27 bits per heavy atom. The third-order valence-electron chi connectivity index (χ3n) is 6.34. The quantitative estimate of drug-likeness (QED) is 0.250. The minimum atomic E-state index is -1.07. The molecular weight excluding hydrogens is 464 g/mol. The van der Waals surface area contributed by atoms with Gasteiger partial charge in [0.2, 0.25) is 0 Å². The number of carbonyl (C=O) groups excluding carboxylic acids is 1. The van der Waals surface area contributed by atoms with Crippen LogP contribution in [-0.2, 0) is 17.8 Å². The third kappa shape index (κ3) is 6.44. The summed E-state index contributed by atoms with van der Waals surface area (Å²) in [5.74, 6) is -0.600. The zero-order chi connectivity index (χ0) is 26.5. The summed E-state index contributed by atoms with van der Waals surface area (Å²) < 4.78 is 0. The standard InChI is InChI=1S/C30H32N4O3/c1-18-9-10-31-27(13-18)33-17-23-15-25(32-16-23)24-7-5-22(6-8-24)14-26(30(36)37)34-29(35)28-20(3)11-19(2)12-21(28)4/h5-13,15-16,26,32H,14,17H2,1-4H3,(H,31,33)(H,34,35)(H,36,37). The number of nitrogens with zero attached hydrogens (tertiary/aromatic N) is 1. The maximum Gasteiger partial charge on any atom is 0.326 e. The number of nitrogens with one attached hydrogen (secondary N) is 3. The summed E-state index contributed by atoms with van der Waals surface area (Å²) in [4.78, 5) is 32.5. The van der Waals surface area contributed by atoms with E-state index in [9.17, 15) is 14.7 Å². The zero-order valence-corrected chi connectivity index (χ0v) is 21.6. The molecule has 0 spiro atoms. The second-order valence-corrected chi connectivity index (χ2v) is 9.53. The Labute approximate surface area is 217 Å². The molecule has 2 aromatic heterocycles. The van der Waals surface area contributed by atoms with Gasteiger partial charge in [0, 0.05) is 36.6 Å². The number of aliphatic carboxylic acids is 1. The van der Waals surface area contributed by atoms with Gasteiger partial charge in [0.25, 0.3) is 5.91 Å². The van der Waals surface area contributed by atoms with Gasteiger partial charge < -0.3 is 20.7 Å². The van der Waals surface area contributed by atoms with E-state index in [0.717, 1.165) is 50.5 Å². The first-order valence-corrected chi connectivity index (χ1v) is 12.2. The molecule has 0 aliphatic carbocycles. The SMILES string of the molecule is Cc1ccnc(NCc2c[nH]c(-c3ccc(CC(NC(=O)c4c(C)cc(C)cc4C)C(=O)O)cc3)c2)c1. The molecule has 0 bridgehead atoms. The highest BCUT2D eigenvalue weighted by Crippen LogP contribution is 2.21. The number of hydrogen-bond acceptors (Lipinski definition) is 4. The van der Waals surface area contributed by atoms with Gasteiger partial charge >= 0.3 is 5.97 Å². The van der Waals surface area contributed by atoms with Crippen molar-refractivity contribution in [3.05, 3.63) is 106 Å². The summed E-state index contributed by atoms with van der Waals surface area (Å²) in [6, 6.07) is 16.6. The number of aryl methyl sites for hydroxylation is 4. The van der Waals surface area contributed by atoms with E-state index in [0.29, 0.717) is 12.1 Å². The van der Waals surface area contributed by atoms with E-state index in [4.69, 9.17) is 0 Å².